The second-order valence-electron chi connectivity index (χ2n) is 7.37. The van der Waals surface area contributed by atoms with Gasteiger partial charge in [-0.3, -0.25) is 0 Å². The monoisotopic (exact) mass is 420 g/mol. The van der Waals surface area contributed by atoms with Crippen LogP contribution in [-0.4, -0.2) is 57.0 Å². The van der Waals surface area contributed by atoms with Gasteiger partial charge in [-0.05, 0) is 49.6 Å². The Morgan fingerprint density at radius 3 is 2.25 bits per heavy atom. The number of benzene rings is 1. The molecule has 0 bridgehead atoms. The van der Waals surface area contributed by atoms with Gasteiger partial charge in [-0.1, -0.05) is 17.7 Å². The molecule has 0 amide bonds. The zero-order valence-corrected chi connectivity index (χ0v) is 17.6. The number of aromatic nitrogens is 1. The van der Waals surface area contributed by atoms with Crippen LogP contribution in [0.2, 0.25) is 5.02 Å². The summed E-state index contributed by atoms with van der Waals surface area (Å²) in [6.45, 7) is 6.71. The third-order valence-corrected chi connectivity index (χ3v) is 7.66. The fourth-order valence-corrected chi connectivity index (χ4v) is 5.52. The second-order valence-corrected chi connectivity index (χ2v) is 9.74. The molecule has 6 nitrogen and oxygen atoms in total. The quantitative estimate of drug-likeness (QED) is 0.760. The Bertz CT molecular complexity index is 935. The Balaban J connectivity index is 1.43. The van der Waals surface area contributed by atoms with Gasteiger partial charge in [0.05, 0.1) is 0 Å². The maximum absolute atomic E-state index is 12.6. The zero-order valence-electron chi connectivity index (χ0n) is 16.0. The van der Waals surface area contributed by atoms with Gasteiger partial charge in [0.2, 0.25) is 10.0 Å². The number of anilines is 2. The molecule has 0 spiro atoms. The highest BCUT2D eigenvalue weighted by molar-refractivity contribution is 7.89. The van der Waals surface area contributed by atoms with Crippen molar-refractivity contribution in [3.63, 3.8) is 0 Å². The molecule has 28 heavy (non-hydrogen) atoms. The fourth-order valence-electron chi connectivity index (χ4n) is 3.89. The maximum Gasteiger partial charge on any atom is 0.244 e. The smallest absolute Gasteiger partial charge is 0.244 e. The zero-order chi connectivity index (χ0) is 19.7. The summed E-state index contributed by atoms with van der Waals surface area (Å²) in [6, 6.07) is 9.49. The molecule has 150 valence electrons. The molecule has 0 N–H and O–H groups in total. The molecule has 0 saturated carbocycles. The van der Waals surface area contributed by atoms with Crippen LogP contribution in [0.1, 0.15) is 18.4 Å². The first-order valence-electron chi connectivity index (χ1n) is 9.67. The van der Waals surface area contributed by atoms with Crippen LogP contribution in [0.25, 0.3) is 0 Å². The first-order valence-corrected chi connectivity index (χ1v) is 11.5. The fraction of sp³-hybridized carbons (Fsp3) is 0.450. The lowest BCUT2D eigenvalue weighted by molar-refractivity contribution is 0.477. The van der Waals surface area contributed by atoms with Crippen LogP contribution < -0.4 is 9.80 Å². The van der Waals surface area contributed by atoms with Crippen molar-refractivity contribution in [2.45, 2.75) is 24.7 Å². The Labute approximate surface area is 171 Å². The van der Waals surface area contributed by atoms with E-state index < -0.39 is 10.0 Å². The number of halogens is 1. The Morgan fingerprint density at radius 2 is 1.61 bits per heavy atom. The molecule has 3 heterocycles. The number of nitrogens with zero attached hydrogens (tertiary/aromatic N) is 4. The Hall–Kier alpha value is -1.83. The molecule has 0 aliphatic carbocycles. The van der Waals surface area contributed by atoms with Crippen molar-refractivity contribution in [1.82, 2.24) is 9.29 Å². The third kappa shape index (κ3) is 3.83. The molecule has 0 unspecified atom stereocenters. The van der Waals surface area contributed by atoms with E-state index in [1.54, 1.807) is 10.4 Å². The summed E-state index contributed by atoms with van der Waals surface area (Å²) in [4.78, 5) is 9.27. The first kappa shape index (κ1) is 19.5. The average Bonchev–Trinajstić information content (AvgIpc) is 3.26. The van der Waals surface area contributed by atoms with E-state index in [9.17, 15) is 8.42 Å². The summed E-state index contributed by atoms with van der Waals surface area (Å²) in [6.07, 6.45) is 3.36. The SMILES string of the molecule is Cc1ccc(Cl)cc1N1CCN(c2ccc(S(=O)(=O)N3CCCC3)cn2)CC1. The molecule has 0 atom stereocenters. The van der Waals surface area contributed by atoms with Crippen LogP contribution >= 0.6 is 11.6 Å². The number of aryl methyl sites for hydroxylation is 1. The molecule has 1 aromatic heterocycles. The predicted octanol–water partition coefficient (Wildman–Crippen LogP) is 3.15. The van der Waals surface area contributed by atoms with E-state index in [0.717, 1.165) is 49.9 Å². The van der Waals surface area contributed by atoms with Crippen LogP contribution in [0.5, 0.6) is 0 Å². The van der Waals surface area contributed by atoms with Gasteiger partial charge in [0.25, 0.3) is 0 Å². The molecule has 0 radical (unpaired) electrons. The number of sulfonamides is 1. The van der Waals surface area contributed by atoms with Crippen LogP contribution in [0.3, 0.4) is 0 Å². The highest BCUT2D eigenvalue weighted by Crippen LogP contribution is 2.27. The largest absolute Gasteiger partial charge is 0.368 e. The lowest BCUT2D eigenvalue weighted by Crippen LogP contribution is -2.47. The van der Waals surface area contributed by atoms with E-state index in [2.05, 4.69) is 21.7 Å². The van der Waals surface area contributed by atoms with Crippen molar-refractivity contribution in [3.05, 3.63) is 47.1 Å². The van der Waals surface area contributed by atoms with E-state index >= 15 is 0 Å². The minimum absolute atomic E-state index is 0.284. The van der Waals surface area contributed by atoms with Gasteiger partial charge in [0.15, 0.2) is 0 Å². The lowest BCUT2D eigenvalue weighted by Gasteiger charge is -2.37. The lowest BCUT2D eigenvalue weighted by atomic mass is 10.1. The summed E-state index contributed by atoms with van der Waals surface area (Å²) in [5, 5.41) is 0.750. The van der Waals surface area contributed by atoms with Crippen molar-refractivity contribution in [2.75, 3.05) is 49.1 Å². The summed E-state index contributed by atoms with van der Waals surface area (Å²) in [7, 11) is -3.41. The van der Waals surface area contributed by atoms with E-state index in [0.29, 0.717) is 13.1 Å². The van der Waals surface area contributed by atoms with Crippen molar-refractivity contribution in [1.29, 1.82) is 0 Å². The molecule has 8 heteroatoms. The molecule has 2 aliphatic heterocycles. The van der Waals surface area contributed by atoms with Gasteiger partial charge in [-0.15, -0.1) is 0 Å². The molecule has 2 aliphatic rings. The Morgan fingerprint density at radius 1 is 0.929 bits per heavy atom. The van der Waals surface area contributed by atoms with Crippen LogP contribution in [0, 0.1) is 6.92 Å². The molecule has 2 saturated heterocycles. The Kier molecular flexibility index (Phi) is 5.49. The molecular formula is C20H25ClN4O2S. The van der Waals surface area contributed by atoms with Gasteiger partial charge < -0.3 is 9.80 Å². The van der Waals surface area contributed by atoms with Crippen molar-refractivity contribution in [3.8, 4) is 0 Å². The number of hydrogen-bond donors (Lipinski definition) is 0. The molecule has 4 rings (SSSR count). The van der Waals surface area contributed by atoms with E-state index in [-0.39, 0.29) is 4.90 Å². The molecule has 1 aromatic carbocycles. The van der Waals surface area contributed by atoms with Crippen LogP contribution in [-0.2, 0) is 10.0 Å². The normalized spacial score (nSPS) is 18.6. The van der Waals surface area contributed by atoms with Crippen molar-refractivity contribution in [2.24, 2.45) is 0 Å². The van der Waals surface area contributed by atoms with Gasteiger partial charge >= 0.3 is 0 Å². The summed E-state index contributed by atoms with van der Waals surface area (Å²) in [5.74, 6) is 0.822. The summed E-state index contributed by atoms with van der Waals surface area (Å²) < 4.78 is 26.8. The third-order valence-electron chi connectivity index (χ3n) is 5.54. The second kappa shape index (κ2) is 7.89. The highest BCUT2D eigenvalue weighted by atomic mass is 35.5. The van der Waals surface area contributed by atoms with Gasteiger partial charge in [-0.2, -0.15) is 4.31 Å². The van der Waals surface area contributed by atoms with Crippen LogP contribution in [0.4, 0.5) is 11.5 Å². The number of hydrogen-bond acceptors (Lipinski definition) is 5. The number of pyridine rings is 1. The highest BCUT2D eigenvalue weighted by Gasteiger charge is 2.28. The number of piperazine rings is 1. The van der Waals surface area contributed by atoms with Gasteiger partial charge in [0, 0.05) is 56.2 Å². The molecule has 2 aromatic rings. The number of rotatable bonds is 4. The molecular weight excluding hydrogens is 396 g/mol. The van der Waals surface area contributed by atoms with E-state index in [1.165, 1.54) is 17.4 Å². The molecule has 2 fully saturated rings. The summed E-state index contributed by atoms with van der Waals surface area (Å²) in [5.41, 5.74) is 2.39. The van der Waals surface area contributed by atoms with Gasteiger partial charge in [-0.25, -0.2) is 13.4 Å². The van der Waals surface area contributed by atoms with E-state index in [1.807, 2.05) is 24.3 Å². The van der Waals surface area contributed by atoms with Crippen LogP contribution in [0.15, 0.2) is 41.4 Å². The maximum atomic E-state index is 12.6. The van der Waals surface area contributed by atoms with Crippen molar-refractivity contribution < 1.29 is 8.42 Å². The van der Waals surface area contributed by atoms with E-state index in [4.69, 9.17) is 11.6 Å². The van der Waals surface area contributed by atoms with Crippen molar-refractivity contribution >= 4 is 33.1 Å². The minimum Gasteiger partial charge on any atom is -0.368 e. The topological polar surface area (TPSA) is 56.8 Å². The predicted molar refractivity (Wildman–Crippen MR) is 113 cm³/mol. The minimum atomic E-state index is -3.41. The van der Waals surface area contributed by atoms with Gasteiger partial charge in [0.1, 0.15) is 10.7 Å². The average molecular weight is 421 g/mol. The first-order chi connectivity index (χ1) is 13.4. The summed E-state index contributed by atoms with van der Waals surface area (Å²) >= 11 is 6.16. The standard InChI is InChI=1S/C20H25ClN4O2S/c1-16-4-5-17(21)14-19(16)23-10-12-24(13-11-23)20-7-6-18(15-22-20)28(26,27)25-8-2-3-9-25/h4-7,14-15H,2-3,8-13H2,1H3.